The van der Waals surface area contributed by atoms with Gasteiger partial charge < -0.3 is 10.2 Å². The van der Waals surface area contributed by atoms with Crippen LogP contribution in [0.1, 0.15) is 0 Å². The van der Waals surface area contributed by atoms with Gasteiger partial charge in [-0.2, -0.15) is 0 Å². The Kier molecular flexibility index (Phi) is 2.60. The van der Waals surface area contributed by atoms with E-state index in [0.29, 0.717) is 23.8 Å². The minimum absolute atomic E-state index is 0.479. The Morgan fingerprint density at radius 2 is 1.87 bits per heavy atom. The SMILES string of the molecule is O=C1NCCN(c2ccc(Cl)cc2)C1=O. The van der Waals surface area contributed by atoms with E-state index in [1.807, 2.05) is 0 Å². The van der Waals surface area contributed by atoms with Gasteiger partial charge in [0.05, 0.1) is 0 Å². The third-order valence-electron chi connectivity index (χ3n) is 2.20. The van der Waals surface area contributed by atoms with Crippen molar-refractivity contribution in [2.24, 2.45) is 0 Å². The van der Waals surface area contributed by atoms with Crippen LogP contribution in [0, 0.1) is 0 Å². The molecule has 0 aromatic heterocycles. The van der Waals surface area contributed by atoms with Crippen molar-refractivity contribution < 1.29 is 9.59 Å². The molecule has 1 heterocycles. The highest BCUT2D eigenvalue weighted by Crippen LogP contribution is 2.18. The van der Waals surface area contributed by atoms with E-state index in [4.69, 9.17) is 11.6 Å². The summed E-state index contributed by atoms with van der Waals surface area (Å²) >= 11 is 5.73. The van der Waals surface area contributed by atoms with Crippen LogP contribution in [0.4, 0.5) is 5.69 Å². The van der Waals surface area contributed by atoms with Crippen LogP contribution in [0.25, 0.3) is 0 Å². The van der Waals surface area contributed by atoms with E-state index in [2.05, 4.69) is 5.32 Å². The van der Waals surface area contributed by atoms with Crippen LogP contribution in [0.15, 0.2) is 24.3 Å². The van der Waals surface area contributed by atoms with Gasteiger partial charge in [-0.1, -0.05) is 11.6 Å². The summed E-state index contributed by atoms with van der Waals surface area (Å²) in [4.78, 5) is 24.0. The lowest BCUT2D eigenvalue weighted by molar-refractivity contribution is -0.138. The molecule has 0 radical (unpaired) electrons. The second-order valence-corrected chi connectivity index (χ2v) is 3.63. The maximum absolute atomic E-state index is 11.5. The van der Waals surface area contributed by atoms with Gasteiger partial charge in [0.25, 0.3) is 0 Å². The minimum Gasteiger partial charge on any atom is -0.346 e. The molecule has 5 heteroatoms. The van der Waals surface area contributed by atoms with Gasteiger partial charge in [0.1, 0.15) is 0 Å². The third-order valence-corrected chi connectivity index (χ3v) is 2.45. The summed E-state index contributed by atoms with van der Waals surface area (Å²) in [6.45, 7) is 0.972. The molecule has 2 rings (SSSR count). The average molecular weight is 225 g/mol. The van der Waals surface area contributed by atoms with Gasteiger partial charge in [0.2, 0.25) is 0 Å². The molecule has 1 aromatic carbocycles. The molecule has 1 saturated heterocycles. The van der Waals surface area contributed by atoms with Crippen molar-refractivity contribution >= 4 is 29.1 Å². The average Bonchev–Trinajstić information content (AvgIpc) is 2.24. The Balaban J connectivity index is 2.26. The van der Waals surface area contributed by atoms with Gasteiger partial charge in [-0.25, -0.2) is 0 Å². The van der Waals surface area contributed by atoms with Gasteiger partial charge in [0, 0.05) is 23.8 Å². The molecule has 1 aromatic rings. The zero-order valence-electron chi connectivity index (χ0n) is 7.87. The molecule has 0 aliphatic carbocycles. The molecule has 1 fully saturated rings. The zero-order chi connectivity index (χ0) is 10.8. The first-order valence-electron chi connectivity index (χ1n) is 4.54. The number of benzene rings is 1. The summed E-state index contributed by atoms with van der Waals surface area (Å²) in [5.74, 6) is -1.08. The van der Waals surface area contributed by atoms with Crippen LogP contribution < -0.4 is 10.2 Å². The Labute approximate surface area is 91.8 Å². The van der Waals surface area contributed by atoms with Crippen LogP contribution in [-0.2, 0) is 9.59 Å². The number of amides is 2. The van der Waals surface area contributed by atoms with Gasteiger partial charge in [-0.15, -0.1) is 0 Å². The van der Waals surface area contributed by atoms with Gasteiger partial charge in [-0.05, 0) is 24.3 Å². The zero-order valence-corrected chi connectivity index (χ0v) is 8.62. The number of anilines is 1. The van der Waals surface area contributed by atoms with Crippen molar-refractivity contribution in [2.75, 3.05) is 18.0 Å². The Morgan fingerprint density at radius 3 is 2.53 bits per heavy atom. The van der Waals surface area contributed by atoms with Gasteiger partial charge >= 0.3 is 11.8 Å². The van der Waals surface area contributed by atoms with E-state index in [1.54, 1.807) is 24.3 Å². The van der Waals surface area contributed by atoms with Crippen molar-refractivity contribution in [3.8, 4) is 0 Å². The van der Waals surface area contributed by atoms with Crippen LogP contribution in [-0.4, -0.2) is 24.9 Å². The molecule has 0 saturated carbocycles. The van der Waals surface area contributed by atoms with E-state index < -0.39 is 11.8 Å². The molecule has 4 nitrogen and oxygen atoms in total. The fourth-order valence-electron chi connectivity index (χ4n) is 1.45. The molecule has 15 heavy (non-hydrogen) atoms. The molecular formula is C10H9ClN2O2. The summed E-state index contributed by atoms with van der Waals surface area (Å²) in [7, 11) is 0. The van der Waals surface area contributed by atoms with Crippen molar-refractivity contribution in [1.29, 1.82) is 0 Å². The number of hydrogen-bond acceptors (Lipinski definition) is 2. The van der Waals surface area contributed by atoms with E-state index in [-0.39, 0.29) is 0 Å². The standard InChI is InChI=1S/C10H9ClN2O2/c11-7-1-3-8(4-2-7)13-6-5-12-9(14)10(13)15/h1-4H,5-6H2,(H,12,14). The van der Waals surface area contributed by atoms with E-state index in [1.165, 1.54) is 4.90 Å². The molecule has 2 amide bonds. The predicted octanol–water partition coefficient (Wildman–Crippen LogP) is 0.803. The fourth-order valence-corrected chi connectivity index (χ4v) is 1.57. The molecule has 1 N–H and O–H groups in total. The molecule has 1 aliphatic heterocycles. The minimum atomic E-state index is -0.559. The second-order valence-electron chi connectivity index (χ2n) is 3.19. The van der Waals surface area contributed by atoms with Crippen molar-refractivity contribution in [3.63, 3.8) is 0 Å². The first-order chi connectivity index (χ1) is 7.18. The Morgan fingerprint density at radius 1 is 1.20 bits per heavy atom. The lowest BCUT2D eigenvalue weighted by Gasteiger charge is -2.26. The number of halogens is 1. The maximum atomic E-state index is 11.5. The van der Waals surface area contributed by atoms with Crippen LogP contribution in [0.3, 0.4) is 0 Å². The molecule has 0 atom stereocenters. The number of carbonyl (C=O) groups excluding carboxylic acids is 2. The number of rotatable bonds is 1. The van der Waals surface area contributed by atoms with Crippen molar-refractivity contribution in [1.82, 2.24) is 5.32 Å². The highest BCUT2D eigenvalue weighted by atomic mass is 35.5. The first-order valence-corrected chi connectivity index (χ1v) is 4.91. The summed E-state index contributed by atoms with van der Waals surface area (Å²) in [5, 5.41) is 3.09. The topological polar surface area (TPSA) is 49.4 Å². The van der Waals surface area contributed by atoms with Crippen LogP contribution >= 0.6 is 11.6 Å². The predicted molar refractivity (Wildman–Crippen MR) is 56.8 cm³/mol. The number of carbonyl (C=O) groups is 2. The van der Waals surface area contributed by atoms with Crippen molar-refractivity contribution in [2.45, 2.75) is 0 Å². The summed E-state index contributed by atoms with van der Waals surface area (Å²) in [6.07, 6.45) is 0. The number of piperazine rings is 1. The fraction of sp³-hybridized carbons (Fsp3) is 0.200. The summed E-state index contributed by atoms with van der Waals surface area (Å²) in [5.41, 5.74) is 0.694. The molecule has 0 spiro atoms. The van der Waals surface area contributed by atoms with E-state index in [0.717, 1.165) is 0 Å². The molecular weight excluding hydrogens is 216 g/mol. The molecule has 78 valence electrons. The summed E-state index contributed by atoms with van der Waals surface area (Å²) < 4.78 is 0. The monoisotopic (exact) mass is 224 g/mol. The summed E-state index contributed by atoms with van der Waals surface area (Å²) in [6, 6.07) is 6.82. The Bertz CT molecular complexity index is 402. The number of hydrogen-bond donors (Lipinski definition) is 1. The Hall–Kier alpha value is -1.55. The van der Waals surface area contributed by atoms with Crippen LogP contribution in [0.2, 0.25) is 5.02 Å². The highest BCUT2D eigenvalue weighted by Gasteiger charge is 2.26. The normalized spacial score (nSPS) is 16.5. The first kappa shape index (κ1) is 9.98. The maximum Gasteiger partial charge on any atom is 0.316 e. The van der Waals surface area contributed by atoms with E-state index >= 15 is 0 Å². The largest absolute Gasteiger partial charge is 0.346 e. The lowest BCUT2D eigenvalue weighted by Crippen LogP contribution is -2.52. The van der Waals surface area contributed by atoms with Gasteiger partial charge in [-0.3, -0.25) is 9.59 Å². The number of nitrogens with one attached hydrogen (secondary N) is 1. The molecule has 0 bridgehead atoms. The molecule has 0 unspecified atom stereocenters. The quantitative estimate of drug-likeness (QED) is 0.718. The molecule has 1 aliphatic rings. The highest BCUT2D eigenvalue weighted by molar-refractivity contribution is 6.41. The van der Waals surface area contributed by atoms with Gasteiger partial charge in [0.15, 0.2) is 0 Å². The van der Waals surface area contributed by atoms with E-state index in [9.17, 15) is 9.59 Å². The number of nitrogens with zero attached hydrogens (tertiary/aromatic N) is 1. The third kappa shape index (κ3) is 1.94. The van der Waals surface area contributed by atoms with Crippen LogP contribution in [0.5, 0.6) is 0 Å². The lowest BCUT2D eigenvalue weighted by atomic mass is 10.2. The second kappa shape index (κ2) is 3.90. The smallest absolute Gasteiger partial charge is 0.316 e. The van der Waals surface area contributed by atoms with Crippen molar-refractivity contribution in [3.05, 3.63) is 29.3 Å².